The first-order valence-electron chi connectivity index (χ1n) is 6.01. The number of benzene rings is 1. The highest BCUT2D eigenvalue weighted by molar-refractivity contribution is 9.10. The maximum Gasteiger partial charge on any atom is 0.322 e. The molecule has 0 aliphatic carbocycles. The van der Waals surface area contributed by atoms with Crippen LogP contribution in [0.1, 0.15) is 13.3 Å². The lowest BCUT2D eigenvalue weighted by molar-refractivity contribution is -0.140. The summed E-state index contributed by atoms with van der Waals surface area (Å²) < 4.78 is 27.2. The van der Waals surface area contributed by atoms with Gasteiger partial charge in [-0.15, -0.1) is 11.8 Å². The predicted octanol–water partition coefficient (Wildman–Crippen LogP) is 2.38. The minimum atomic E-state index is -3.81. The van der Waals surface area contributed by atoms with Crippen LogP contribution in [0.25, 0.3) is 0 Å². The second-order valence-corrected chi connectivity index (χ2v) is 8.31. The van der Waals surface area contributed by atoms with Crippen molar-refractivity contribution in [3.05, 3.63) is 28.7 Å². The normalized spacial score (nSPS) is 23.9. The Kier molecular flexibility index (Phi) is 4.78. The van der Waals surface area contributed by atoms with Gasteiger partial charge in [0.1, 0.15) is 6.04 Å². The molecule has 110 valence electrons. The molecule has 2 rings (SSSR count). The van der Waals surface area contributed by atoms with Gasteiger partial charge in [0.05, 0.1) is 10.3 Å². The number of thioether (sulfide) groups is 1. The van der Waals surface area contributed by atoms with Gasteiger partial charge in [0.15, 0.2) is 0 Å². The molecule has 0 bridgehead atoms. The maximum atomic E-state index is 12.7. The highest BCUT2D eigenvalue weighted by atomic mass is 79.9. The molecule has 1 fully saturated rings. The highest BCUT2D eigenvalue weighted by Crippen LogP contribution is 2.36. The fourth-order valence-corrected chi connectivity index (χ4v) is 6.23. The fourth-order valence-electron chi connectivity index (χ4n) is 2.10. The molecule has 0 spiro atoms. The van der Waals surface area contributed by atoms with E-state index in [0.717, 1.165) is 4.31 Å². The monoisotopic (exact) mass is 379 g/mol. The zero-order chi connectivity index (χ0) is 14.9. The van der Waals surface area contributed by atoms with Crippen molar-refractivity contribution < 1.29 is 18.3 Å². The van der Waals surface area contributed by atoms with E-state index in [2.05, 4.69) is 15.9 Å². The molecule has 1 aliphatic heterocycles. The van der Waals surface area contributed by atoms with Gasteiger partial charge in [-0.05, 0) is 24.6 Å². The van der Waals surface area contributed by atoms with Gasteiger partial charge in [-0.3, -0.25) is 4.79 Å². The Morgan fingerprint density at radius 1 is 1.55 bits per heavy atom. The first kappa shape index (κ1) is 15.8. The van der Waals surface area contributed by atoms with Gasteiger partial charge in [0.25, 0.3) is 0 Å². The number of hydrogen-bond acceptors (Lipinski definition) is 4. The standard InChI is InChI=1S/C12H14BrNO4S2/c1-2-11-14(10(7-19-11)12(15)16)20(17,18)9-5-3-4-8(13)6-9/h3-6,10-11H,2,7H2,1H3,(H,15,16). The molecule has 2 atom stereocenters. The number of nitrogens with zero attached hydrogens (tertiary/aromatic N) is 1. The number of carboxylic acid groups (broad SMARTS) is 1. The van der Waals surface area contributed by atoms with E-state index >= 15 is 0 Å². The van der Waals surface area contributed by atoms with E-state index in [9.17, 15) is 18.3 Å². The Morgan fingerprint density at radius 2 is 2.25 bits per heavy atom. The molecule has 0 amide bonds. The van der Waals surface area contributed by atoms with Gasteiger partial charge in [-0.2, -0.15) is 4.31 Å². The zero-order valence-corrected chi connectivity index (χ0v) is 13.9. The lowest BCUT2D eigenvalue weighted by Gasteiger charge is -2.25. The molecule has 0 saturated carbocycles. The van der Waals surface area contributed by atoms with Gasteiger partial charge >= 0.3 is 5.97 Å². The zero-order valence-electron chi connectivity index (χ0n) is 10.7. The summed E-state index contributed by atoms with van der Waals surface area (Å²) in [6, 6.07) is 5.31. The van der Waals surface area contributed by atoms with Crippen LogP contribution in [0, 0.1) is 0 Å². The molecular weight excluding hydrogens is 366 g/mol. The van der Waals surface area contributed by atoms with Gasteiger partial charge in [-0.1, -0.05) is 28.9 Å². The number of carbonyl (C=O) groups is 1. The third-order valence-electron chi connectivity index (χ3n) is 3.04. The first-order chi connectivity index (χ1) is 9.37. The molecule has 5 nitrogen and oxygen atoms in total. The summed E-state index contributed by atoms with van der Waals surface area (Å²) in [4.78, 5) is 11.4. The smallest absolute Gasteiger partial charge is 0.322 e. The molecule has 1 aliphatic rings. The van der Waals surface area contributed by atoms with E-state index in [1.165, 1.54) is 23.9 Å². The summed E-state index contributed by atoms with van der Waals surface area (Å²) >= 11 is 4.60. The lowest BCUT2D eigenvalue weighted by Crippen LogP contribution is -2.45. The average Bonchev–Trinajstić information content (AvgIpc) is 2.83. The van der Waals surface area contributed by atoms with Crippen LogP contribution in [0.3, 0.4) is 0 Å². The summed E-state index contributed by atoms with van der Waals surface area (Å²) in [6.07, 6.45) is 0.571. The van der Waals surface area contributed by atoms with Gasteiger partial charge in [-0.25, -0.2) is 8.42 Å². The van der Waals surface area contributed by atoms with Crippen LogP contribution in [-0.4, -0.2) is 41.0 Å². The van der Waals surface area contributed by atoms with Crippen LogP contribution in [-0.2, 0) is 14.8 Å². The van der Waals surface area contributed by atoms with E-state index in [-0.39, 0.29) is 16.0 Å². The lowest BCUT2D eigenvalue weighted by atomic mass is 10.3. The van der Waals surface area contributed by atoms with Gasteiger partial charge in [0, 0.05) is 10.2 Å². The Hall–Kier alpha value is -0.570. The molecule has 1 heterocycles. The number of rotatable bonds is 4. The highest BCUT2D eigenvalue weighted by Gasteiger charge is 2.45. The number of hydrogen-bond donors (Lipinski definition) is 1. The van der Waals surface area contributed by atoms with E-state index in [0.29, 0.717) is 10.9 Å². The molecule has 8 heteroatoms. The first-order valence-corrected chi connectivity index (χ1v) is 9.29. The Bertz CT molecular complexity index is 620. The largest absolute Gasteiger partial charge is 0.480 e. The Balaban J connectivity index is 2.47. The third-order valence-corrected chi connectivity index (χ3v) is 7.04. The van der Waals surface area contributed by atoms with Crippen LogP contribution in [0.4, 0.5) is 0 Å². The minimum Gasteiger partial charge on any atom is -0.480 e. The summed E-state index contributed by atoms with van der Waals surface area (Å²) in [7, 11) is -3.81. The van der Waals surface area contributed by atoms with Crippen molar-refractivity contribution in [2.75, 3.05) is 5.75 Å². The minimum absolute atomic E-state index is 0.110. The second kappa shape index (κ2) is 6.05. The Morgan fingerprint density at radius 3 is 2.80 bits per heavy atom. The third kappa shape index (κ3) is 2.88. The molecule has 1 aromatic rings. The molecular formula is C12H14BrNO4S2. The van der Waals surface area contributed by atoms with Crippen LogP contribution in [0.2, 0.25) is 0 Å². The van der Waals surface area contributed by atoms with Crippen molar-refractivity contribution in [3.8, 4) is 0 Å². The van der Waals surface area contributed by atoms with Gasteiger partial charge in [0.2, 0.25) is 10.0 Å². The average molecular weight is 380 g/mol. The Labute approximate surface area is 130 Å². The van der Waals surface area contributed by atoms with E-state index < -0.39 is 22.0 Å². The molecule has 1 N–H and O–H groups in total. The molecule has 20 heavy (non-hydrogen) atoms. The number of sulfonamides is 1. The van der Waals surface area contributed by atoms with Crippen molar-refractivity contribution >= 4 is 43.7 Å². The van der Waals surface area contributed by atoms with Gasteiger partial charge < -0.3 is 5.11 Å². The van der Waals surface area contributed by atoms with E-state index in [1.807, 2.05) is 6.92 Å². The summed E-state index contributed by atoms with van der Waals surface area (Å²) in [5, 5.41) is 8.90. The summed E-state index contributed by atoms with van der Waals surface area (Å²) in [5.74, 6) is -0.826. The molecule has 1 saturated heterocycles. The van der Waals surface area contributed by atoms with Crippen LogP contribution < -0.4 is 0 Å². The van der Waals surface area contributed by atoms with Crippen molar-refractivity contribution in [2.45, 2.75) is 29.7 Å². The topological polar surface area (TPSA) is 74.7 Å². The molecule has 0 aromatic heterocycles. The summed E-state index contributed by atoms with van der Waals surface area (Å²) in [6.45, 7) is 1.85. The predicted molar refractivity (Wildman–Crippen MR) is 81.1 cm³/mol. The van der Waals surface area contributed by atoms with Crippen LogP contribution in [0.15, 0.2) is 33.6 Å². The van der Waals surface area contributed by atoms with E-state index in [1.54, 1.807) is 12.1 Å². The van der Waals surface area contributed by atoms with Crippen LogP contribution in [0.5, 0.6) is 0 Å². The summed E-state index contributed by atoms with van der Waals surface area (Å²) in [5.41, 5.74) is 0. The number of carboxylic acids is 1. The number of halogens is 1. The quantitative estimate of drug-likeness (QED) is 0.868. The molecule has 2 unspecified atom stereocenters. The SMILES string of the molecule is CCC1SCC(C(=O)O)N1S(=O)(=O)c1cccc(Br)c1. The fraction of sp³-hybridized carbons (Fsp3) is 0.417. The van der Waals surface area contributed by atoms with Crippen molar-refractivity contribution in [1.29, 1.82) is 0 Å². The molecule has 0 radical (unpaired) electrons. The second-order valence-electron chi connectivity index (χ2n) is 4.34. The van der Waals surface area contributed by atoms with E-state index in [4.69, 9.17) is 0 Å². The maximum absolute atomic E-state index is 12.7. The van der Waals surface area contributed by atoms with Crippen molar-refractivity contribution in [3.63, 3.8) is 0 Å². The van der Waals surface area contributed by atoms with Crippen molar-refractivity contribution in [2.24, 2.45) is 0 Å². The van der Waals surface area contributed by atoms with Crippen LogP contribution >= 0.6 is 27.7 Å². The molecule has 1 aromatic carbocycles. The van der Waals surface area contributed by atoms with Crippen molar-refractivity contribution in [1.82, 2.24) is 4.31 Å². The number of aliphatic carboxylic acids is 1.